The van der Waals surface area contributed by atoms with Gasteiger partial charge in [0.1, 0.15) is 0 Å². The van der Waals surface area contributed by atoms with Gasteiger partial charge in [-0.25, -0.2) is 0 Å². The molecule has 9 heteroatoms. The number of hydrogen-bond donors (Lipinski definition) is 4. The summed E-state index contributed by atoms with van der Waals surface area (Å²) in [6.45, 7) is 8.39. The Morgan fingerprint density at radius 3 is 1.03 bits per heavy atom. The van der Waals surface area contributed by atoms with Crippen molar-refractivity contribution in [3.05, 3.63) is 0 Å². The standard InChI is InChI=1S/2C12H18O4.Y/c2*1-5(2)7-3-6-4-8(7)10(12(15)16)9(6)11(13)14;/h2*5-10H,3-4H2,1-2H3,(H,13,14)(H,15,16);. The van der Waals surface area contributed by atoms with E-state index in [0.29, 0.717) is 23.7 Å². The third-order valence-corrected chi connectivity index (χ3v) is 8.96. The maximum atomic E-state index is 11.2. The van der Waals surface area contributed by atoms with Gasteiger partial charge in [0, 0.05) is 32.7 Å². The van der Waals surface area contributed by atoms with Crippen molar-refractivity contribution >= 4 is 23.9 Å². The normalized spacial score (nSPS) is 40.3. The van der Waals surface area contributed by atoms with E-state index < -0.39 is 47.5 Å². The molecule has 0 aromatic carbocycles. The smallest absolute Gasteiger partial charge is 0.307 e. The third-order valence-electron chi connectivity index (χ3n) is 8.96. The summed E-state index contributed by atoms with van der Waals surface area (Å²) in [4.78, 5) is 44.7. The first-order valence-corrected chi connectivity index (χ1v) is 11.8. The minimum Gasteiger partial charge on any atom is -0.481 e. The summed E-state index contributed by atoms with van der Waals surface area (Å²) < 4.78 is 0. The summed E-state index contributed by atoms with van der Waals surface area (Å²) in [5, 5.41) is 36.6. The van der Waals surface area contributed by atoms with E-state index in [4.69, 9.17) is 10.2 Å². The maximum Gasteiger partial charge on any atom is 0.307 e. The third kappa shape index (κ3) is 5.17. The van der Waals surface area contributed by atoms with E-state index >= 15 is 0 Å². The minimum atomic E-state index is -0.929. The number of carbonyl (C=O) groups is 4. The fraction of sp³-hybridized carbons (Fsp3) is 0.833. The molecule has 4 fully saturated rings. The fourth-order valence-corrected chi connectivity index (χ4v) is 7.74. The largest absolute Gasteiger partial charge is 0.481 e. The Hall–Kier alpha value is -1.02. The average Bonchev–Trinajstić information content (AvgIpc) is 3.43. The minimum absolute atomic E-state index is 0. The molecular formula is C24H36O8Y. The van der Waals surface area contributed by atoms with Crippen LogP contribution in [0.5, 0.6) is 0 Å². The number of aliphatic carboxylic acids is 4. The molecule has 0 saturated heterocycles. The van der Waals surface area contributed by atoms with Crippen LogP contribution < -0.4 is 0 Å². The molecular weight excluding hydrogens is 505 g/mol. The molecule has 33 heavy (non-hydrogen) atoms. The van der Waals surface area contributed by atoms with Crippen LogP contribution >= 0.6 is 0 Å². The van der Waals surface area contributed by atoms with Crippen molar-refractivity contribution in [2.75, 3.05) is 0 Å². The predicted molar refractivity (Wildman–Crippen MR) is 114 cm³/mol. The SMILES string of the molecule is CC(C)C1CC2CC1C(C(=O)O)C2C(=O)O.CC(C)C1CC2CC1C(C(=O)O)C2C(=O)O.[Y]. The number of hydrogen-bond acceptors (Lipinski definition) is 4. The van der Waals surface area contributed by atoms with E-state index in [1.807, 2.05) is 0 Å². The van der Waals surface area contributed by atoms with Crippen LogP contribution in [0.4, 0.5) is 0 Å². The summed E-state index contributed by atoms with van der Waals surface area (Å²) in [6, 6.07) is 0. The molecule has 4 bridgehead atoms. The van der Waals surface area contributed by atoms with Crippen LogP contribution in [0.15, 0.2) is 0 Å². The van der Waals surface area contributed by atoms with Gasteiger partial charge in [-0.3, -0.25) is 19.2 Å². The van der Waals surface area contributed by atoms with Crippen LogP contribution in [0.25, 0.3) is 0 Å². The summed E-state index contributed by atoms with van der Waals surface area (Å²) >= 11 is 0. The van der Waals surface area contributed by atoms with Crippen molar-refractivity contribution < 1.29 is 72.3 Å². The van der Waals surface area contributed by atoms with Crippen molar-refractivity contribution in [2.45, 2.75) is 53.4 Å². The molecule has 0 spiro atoms. The molecule has 0 amide bonds. The first kappa shape index (κ1) is 28.2. The van der Waals surface area contributed by atoms with Gasteiger partial charge in [0.05, 0.1) is 23.7 Å². The zero-order valence-electron chi connectivity index (χ0n) is 19.8. The first-order chi connectivity index (χ1) is 14.9. The molecule has 0 aromatic rings. The molecule has 10 atom stereocenters. The number of carboxylic acids is 4. The van der Waals surface area contributed by atoms with Crippen LogP contribution in [-0.4, -0.2) is 44.3 Å². The molecule has 4 aliphatic rings. The predicted octanol–water partition coefficient (Wildman–Crippen LogP) is 3.40. The maximum absolute atomic E-state index is 11.2. The Bertz CT molecular complexity index is 716. The topological polar surface area (TPSA) is 149 Å². The second kappa shape index (κ2) is 10.7. The Kier molecular flexibility index (Phi) is 9.16. The van der Waals surface area contributed by atoms with E-state index in [0.717, 1.165) is 25.7 Å². The number of rotatable bonds is 6. The Morgan fingerprint density at radius 1 is 0.545 bits per heavy atom. The van der Waals surface area contributed by atoms with Gasteiger partial charge in [-0.2, -0.15) is 0 Å². The average molecular weight is 541 g/mol. The fourth-order valence-electron chi connectivity index (χ4n) is 7.74. The van der Waals surface area contributed by atoms with Gasteiger partial charge in [-0.15, -0.1) is 0 Å². The Labute approximate surface area is 219 Å². The second-order valence-electron chi connectivity index (χ2n) is 11.1. The zero-order chi connectivity index (χ0) is 24.1. The zero-order valence-corrected chi connectivity index (χ0v) is 22.6. The second-order valence-corrected chi connectivity index (χ2v) is 11.1. The molecule has 8 nitrogen and oxygen atoms in total. The van der Waals surface area contributed by atoms with Gasteiger partial charge in [-0.05, 0) is 73.0 Å². The van der Waals surface area contributed by atoms with Crippen molar-refractivity contribution in [3.63, 3.8) is 0 Å². The van der Waals surface area contributed by atoms with Gasteiger partial charge >= 0.3 is 23.9 Å². The van der Waals surface area contributed by atoms with E-state index in [1.54, 1.807) is 0 Å². The molecule has 10 unspecified atom stereocenters. The van der Waals surface area contributed by atoms with Crippen molar-refractivity contribution in [3.8, 4) is 0 Å². The van der Waals surface area contributed by atoms with Crippen LogP contribution in [0.3, 0.4) is 0 Å². The van der Waals surface area contributed by atoms with Gasteiger partial charge in [-0.1, -0.05) is 27.7 Å². The molecule has 4 saturated carbocycles. The molecule has 0 heterocycles. The van der Waals surface area contributed by atoms with E-state index in [2.05, 4.69) is 27.7 Å². The van der Waals surface area contributed by atoms with Crippen LogP contribution in [0.1, 0.15) is 53.4 Å². The first-order valence-electron chi connectivity index (χ1n) is 11.8. The Balaban J connectivity index is 0.000000227. The van der Waals surface area contributed by atoms with Crippen LogP contribution in [0, 0.1) is 71.0 Å². The van der Waals surface area contributed by atoms with Gasteiger partial charge in [0.15, 0.2) is 0 Å². The number of carboxylic acid groups (broad SMARTS) is 4. The molecule has 0 aromatic heterocycles. The quantitative estimate of drug-likeness (QED) is 0.400. The van der Waals surface area contributed by atoms with Gasteiger partial charge in [0.2, 0.25) is 0 Å². The van der Waals surface area contributed by atoms with Gasteiger partial charge in [0.25, 0.3) is 0 Å². The monoisotopic (exact) mass is 541 g/mol. The van der Waals surface area contributed by atoms with Crippen LogP contribution in [-0.2, 0) is 51.9 Å². The molecule has 1 radical (unpaired) electrons. The molecule has 4 rings (SSSR count). The summed E-state index contributed by atoms with van der Waals surface area (Å²) in [5.74, 6) is -4.36. The van der Waals surface area contributed by atoms with Crippen molar-refractivity contribution in [1.82, 2.24) is 0 Å². The van der Waals surface area contributed by atoms with E-state index in [-0.39, 0.29) is 56.4 Å². The van der Waals surface area contributed by atoms with Crippen LogP contribution in [0.2, 0.25) is 0 Å². The summed E-state index contributed by atoms with van der Waals surface area (Å²) in [5.41, 5.74) is 0. The van der Waals surface area contributed by atoms with Crippen molar-refractivity contribution in [1.29, 1.82) is 0 Å². The van der Waals surface area contributed by atoms with E-state index in [9.17, 15) is 29.4 Å². The molecule has 183 valence electrons. The summed E-state index contributed by atoms with van der Waals surface area (Å²) in [7, 11) is 0. The Morgan fingerprint density at radius 2 is 0.818 bits per heavy atom. The van der Waals surface area contributed by atoms with Crippen molar-refractivity contribution in [2.24, 2.45) is 71.0 Å². The molecule has 4 aliphatic carbocycles. The summed E-state index contributed by atoms with van der Waals surface area (Å²) in [6.07, 6.45) is 3.36. The van der Waals surface area contributed by atoms with Gasteiger partial charge < -0.3 is 20.4 Å². The molecule has 4 N–H and O–H groups in total. The number of fused-ring (bicyclic) bond motifs is 4. The van der Waals surface area contributed by atoms with E-state index in [1.165, 1.54) is 0 Å². The molecule has 0 aliphatic heterocycles.